The van der Waals surface area contributed by atoms with Gasteiger partial charge in [0.15, 0.2) is 0 Å². The average Bonchev–Trinajstić information content (AvgIpc) is 3.52. The number of benzene rings is 1. The van der Waals surface area contributed by atoms with Gasteiger partial charge in [0.25, 0.3) is 5.91 Å². The number of anilines is 1. The van der Waals surface area contributed by atoms with Crippen LogP contribution in [0.15, 0.2) is 24.3 Å². The first-order valence-corrected chi connectivity index (χ1v) is 12.9. The first-order valence-electron chi connectivity index (χ1n) is 10.8. The van der Waals surface area contributed by atoms with E-state index in [1.54, 1.807) is 28.9 Å². The summed E-state index contributed by atoms with van der Waals surface area (Å²) in [5, 5.41) is 19.3. The monoisotopic (exact) mass is 486 g/mol. The van der Waals surface area contributed by atoms with Crippen molar-refractivity contribution in [3.8, 4) is 17.3 Å². The quantitative estimate of drug-likeness (QED) is 0.467. The summed E-state index contributed by atoms with van der Waals surface area (Å²) in [5.41, 5.74) is 2.27. The molecule has 12 heteroatoms. The molecule has 0 unspecified atom stereocenters. The number of carbonyl (C=O) groups is 3. The van der Waals surface area contributed by atoms with Gasteiger partial charge in [-0.15, -0.1) is 0 Å². The van der Waals surface area contributed by atoms with Gasteiger partial charge in [0.2, 0.25) is 11.8 Å². The highest BCUT2D eigenvalue weighted by Crippen LogP contribution is 2.35. The summed E-state index contributed by atoms with van der Waals surface area (Å²) in [7, 11) is -2.98. The molecule has 11 nitrogen and oxygen atoms in total. The molecular weight excluding hydrogens is 460 g/mol. The van der Waals surface area contributed by atoms with Gasteiger partial charge < -0.3 is 15.5 Å². The third-order valence-corrected chi connectivity index (χ3v) is 6.46. The summed E-state index contributed by atoms with van der Waals surface area (Å²) in [6, 6.07) is 8.44. The van der Waals surface area contributed by atoms with Gasteiger partial charge in [0, 0.05) is 24.3 Å². The summed E-state index contributed by atoms with van der Waals surface area (Å²) in [4.78, 5) is 38.8. The van der Waals surface area contributed by atoms with Gasteiger partial charge in [-0.1, -0.05) is 0 Å². The second-order valence-electron chi connectivity index (χ2n) is 8.77. The van der Waals surface area contributed by atoms with Crippen LogP contribution in [0.5, 0.6) is 0 Å². The fourth-order valence-corrected chi connectivity index (χ4v) is 4.40. The van der Waals surface area contributed by atoms with E-state index < -0.39 is 22.2 Å². The second kappa shape index (κ2) is 9.09. The number of nitriles is 1. The number of nitrogens with one attached hydrogen (secondary N) is 2. The van der Waals surface area contributed by atoms with Crippen LogP contribution in [0.3, 0.4) is 0 Å². The van der Waals surface area contributed by atoms with E-state index in [1.807, 2.05) is 6.92 Å². The van der Waals surface area contributed by atoms with Crippen LogP contribution in [0.4, 0.5) is 5.69 Å². The Bertz CT molecular complexity index is 1190. The molecule has 1 aliphatic heterocycles. The van der Waals surface area contributed by atoms with Gasteiger partial charge in [-0.2, -0.15) is 21.0 Å². The molecule has 0 saturated heterocycles. The van der Waals surface area contributed by atoms with Crippen LogP contribution in [0.25, 0.3) is 11.3 Å². The molecule has 0 bridgehead atoms. The third kappa shape index (κ3) is 5.22. The van der Waals surface area contributed by atoms with Crippen LogP contribution in [0.2, 0.25) is 0 Å². The number of hydrogen-bond acceptors (Lipinski definition) is 7. The number of carbonyl (C=O) groups excluding carboxylic acids is 3. The molecule has 1 fully saturated rings. The second-order valence-corrected chi connectivity index (χ2v) is 11.0. The number of hydrogen-bond donors (Lipinski definition) is 4. The van der Waals surface area contributed by atoms with Gasteiger partial charge in [-0.25, -0.2) is 0 Å². The van der Waals surface area contributed by atoms with Gasteiger partial charge in [0.1, 0.15) is 11.4 Å². The Morgan fingerprint density at radius 2 is 2.03 bits per heavy atom. The van der Waals surface area contributed by atoms with Crippen LogP contribution < -0.4 is 10.6 Å². The SMILES string of the molecule is C[C@H]1CN(CNC(=O)CS(C)(O)O)C(=O)c2cc(-c3ccc(C#N)cc3NC(=O)C3CC3)nn21. The zero-order valence-corrected chi connectivity index (χ0v) is 19.6. The smallest absolute Gasteiger partial charge is 0.273 e. The van der Waals surface area contributed by atoms with E-state index in [-0.39, 0.29) is 30.4 Å². The molecule has 3 amide bonds. The Hall–Kier alpha value is -3.40. The molecule has 0 spiro atoms. The zero-order chi connectivity index (χ0) is 24.6. The average molecular weight is 487 g/mol. The number of amides is 3. The molecule has 0 radical (unpaired) electrons. The van der Waals surface area contributed by atoms with Crippen LogP contribution in [0.1, 0.15) is 41.9 Å². The van der Waals surface area contributed by atoms with Crippen molar-refractivity contribution in [3.05, 3.63) is 35.5 Å². The van der Waals surface area contributed by atoms with E-state index in [4.69, 9.17) is 0 Å². The molecule has 34 heavy (non-hydrogen) atoms. The topological polar surface area (TPSA) is 161 Å². The Kier molecular flexibility index (Phi) is 6.35. The number of fused-ring (bicyclic) bond motifs is 1. The number of nitrogens with zero attached hydrogens (tertiary/aromatic N) is 4. The lowest BCUT2D eigenvalue weighted by molar-refractivity contribution is -0.119. The normalized spacial score (nSPS) is 18.1. The van der Waals surface area contributed by atoms with Gasteiger partial charge >= 0.3 is 0 Å². The Labute approximate surface area is 198 Å². The minimum Gasteiger partial charge on any atom is -0.337 e. The van der Waals surface area contributed by atoms with Crippen LogP contribution in [-0.4, -0.2) is 66.7 Å². The van der Waals surface area contributed by atoms with Gasteiger partial charge in [0.05, 0.1) is 35.7 Å². The first kappa shape index (κ1) is 23.7. The van der Waals surface area contributed by atoms with E-state index in [2.05, 4.69) is 21.8 Å². The van der Waals surface area contributed by atoms with E-state index in [1.165, 1.54) is 11.2 Å². The maximum Gasteiger partial charge on any atom is 0.273 e. The van der Waals surface area contributed by atoms with Crippen LogP contribution in [0, 0.1) is 17.2 Å². The highest BCUT2D eigenvalue weighted by Gasteiger charge is 2.33. The number of rotatable bonds is 7. The fraction of sp³-hybridized carbons (Fsp3) is 0.409. The first-order chi connectivity index (χ1) is 16.1. The van der Waals surface area contributed by atoms with Crippen molar-refractivity contribution in [3.63, 3.8) is 0 Å². The largest absolute Gasteiger partial charge is 0.337 e. The van der Waals surface area contributed by atoms with Gasteiger partial charge in [-0.3, -0.25) is 28.2 Å². The summed E-state index contributed by atoms with van der Waals surface area (Å²) >= 11 is 0. The third-order valence-electron chi connectivity index (χ3n) is 5.65. The summed E-state index contributed by atoms with van der Waals surface area (Å²) in [6.07, 6.45) is 2.87. The van der Waals surface area contributed by atoms with E-state index in [0.717, 1.165) is 12.8 Å². The lowest BCUT2D eigenvalue weighted by atomic mass is 10.1. The molecular formula is C22H26N6O5S. The van der Waals surface area contributed by atoms with Crippen molar-refractivity contribution >= 4 is 34.0 Å². The van der Waals surface area contributed by atoms with Crippen molar-refractivity contribution in [2.45, 2.75) is 25.8 Å². The molecule has 1 aromatic carbocycles. The van der Waals surface area contributed by atoms with E-state index in [0.29, 0.717) is 34.7 Å². The lowest BCUT2D eigenvalue weighted by Crippen LogP contribution is -2.48. The maximum atomic E-state index is 13.1. The maximum absolute atomic E-state index is 13.1. The molecule has 1 atom stereocenters. The molecule has 180 valence electrons. The van der Waals surface area contributed by atoms with Crippen LogP contribution >= 0.6 is 10.6 Å². The minimum atomic E-state index is -2.98. The molecule has 1 aromatic heterocycles. The summed E-state index contributed by atoms with van der Waals surface area (Å²) in [5.74, 6) is -1.44. The van der Waals surface area contributed by atoms with Crippen LogP contribution in [-0.2, 0) is 9.59 Å². The Morgan fingerprint density at radius 1 is 1.29 bits per heavy atom. The van der Waals surface area contributed by atoms with Crippen molar-refractivity contribution in [2.75, 3.05) is 30.5 Å². The molecule has 2 aromatic rings. The minimum absolute atomic E-state index is 0.0182. The summed E-state index contributed by atoms with van der Waals surface area (Å²) < 4.78 is 20.5. The molecule has 1 saturated carbocycles. The molecule has 2 aliphatic rings. The molecule has 1 aliphatic carbocycles. The number of aromatic nitrogens is 2. The highest BCUT2D eigenvalue weighted by molar-refractivity contribution is 8.24. The zero-order valence-electron chi connectivity index (χ0n) is 18.8. The van der Waals surface area contributed by atoms with Crippen molar-refractivity contribution in [1.82, 2.24) is 20.0 Å². The predicted octanol–water partition coefficient (Wildman–Crippen LogP) is 2.24. The van der Waals surface area contributed by atoms with Gasteiger partial charge in [-0.05, 0) is 44.0 Å². The van der Waals surface area contributed by atoms with Crippen molar-refractivity contribution in [2.24, 2.45) is 5.92 Å². The van der Waals surface area contributed by atoms with E-state index >= 15 is 0 Å². The molecule has 4 rings (SSSR count). The molecule has 2 heterocycles. The Morgan fingerprint density at radius 3 is 2.68 bits per heavy atom. The highest BCUT2D eigenvalue weighted by atomic mass is 32.3. The van der Waals surface area contributed by atoms with E-state index in [9.17, 15) is 28.8 Å². The Balaban J connectivity index is 1.57. The fourth-order valence-electron chi connectivity index (χ4n) is 3.80. The summed E-state index contributed by atoms with van der Waals surface area (Å²) in [6.45, 7) is 2.12. The lowest BCUT2D eigenvalue weighted by Gasteiger charge is -2.32. The predicted molar refractivity (Wildman–Crippen MR) is 126 cm³/mol. The standard InChI is InChI=1S/C22H26N6O5S/c1-13-10-27(12-24-20(29)11-34(2,32)33)22(31)19-8-18(26-28(13)19)16-6-3-14(9-23)7-17(16)25-21(30)15-4-5-15/h3,6-8,13,15,32-33H,4-5,10-12H2,1-2H3,(H,24,29)(H,25,30)/t13-/m0/s1. The van der Waals surface area contributed by atoms with Crippen molar-refractivity contribution < 1.29 is 23.5 Å². The molecule has 4 N–H and O–H groups in total. The van der Waals surface area contributed by atoms with Crippen molar-refractivity contribution in [1.29, 1.82) is 5.26 Å².